The van der Waals surface area contributed by atoms with Crippen LogP contribution in [0.5, 0.6) is 0 Å². The van der Waals surface area contributed by atoms with Crippen molar-refractivity contribution in [3.63, 3.8) is 0 Å². The van der Waals surface area contributed by atoms with Crippen LogP contribution < -0.4 is 4.90 Å². The zero-order valence-corrected chi connectivity index (χ0v) is 8.47. The second-order valence-corrected chi connectivity index (χ2v) is 3.13. The summed E-state index contributed by atoms with van der Waals surface area (Å²) < 4.78 is 13.4. The van der Waals surface area contributed by atoms with E-state index in [1.54, 1.807) is 6.07 Å². The Morgan fingerprint density at radius 1 is 1.23 bits per heavy atom. The lowest BCUT2D eigenvalue weighted by Gasteiger charge is -2.21. The number of hydrogen-bond donors (Lipinski definition) is 0. The summed E-state index contributed by atoms with van der Waals surface area (Å²) in [6.07, 6.45) is 0. The van der Waals surface area contributed by atoms with E-state index < -0.39 is 0 Å². The zero-order valence-electron chi connectivity index (χ0n) is 8.47. The van der Waals surface area contributed by atoms with E-state index in [0.29, 0.717) is 5.69 Å². The number of benzene rings is 1. The maximum absolute atomic E-state index is 13.4. The summed E-state index contributed by atoms with van der Waals surface area (Å²) in [4.78, 5) is 2.01. The van der Waals surface area contributed by atoms with Crippen LogP contribution in [0, 0.1) is 12.7 Å². The van der Waals surface area contributed by atoms with Gasteiger partial charge in [-0.2, -0.15) is 0 Å². The van der Waals surface area contributed by atoms with Crippen molar-refractivity contribution in [1.29, 1.82) is 0 Å². The van der Waals surface area contributed by atoms with Gasteiger partial charge in [0.1, 0.15) is 5.82 Å². The molecule has 0 aromatic heterocycles. The average molecular weight is 181 g/mol. The zero-order chi connectivity index (χ0) is 9.84. The van der Waals surface area contributed by atoms with E-state index in [1.807, 2.05) is 37.8 Å². The Bertz CT molecular complexity index is 279. The van der Waals surface area contributed by atoms with Crippen LogP contribution >= 0.6 is 0 Å². The van der Waals surface area contributed by atoms with E-state index in [4.69, 9.17) is 0 Å². The van der Waals surface area contributed by atoms with Crippen LogP contribution in [0.25, 0.3) is 0 Å². The summed E-state index contributed by atoms with van der Waals surface area (Å²) >= 11 is 0. The quantitative estimate of drug-likeness (QED) is 0.693. The third-order valence-corrected chi connectivity index (χ3v) is 2.21. The van der Waals surface area contributed by atoms with Crippen LogP contribution in [0.3, 0.4) is 0 Å². The molecule has 72 valence electrons. The first-order valence-corrected chi connectivity index (χ1v) is 4.70. The van der Waals surface area contributed by atoms with E-state index in [0.717, 1.165) is 18.7 Å². The molecule has 1 aromatic rings. The fourth-order valence-corrected chi connectivity index (χ4v) is 1.43. The van der Waals surface area contributed by atoms with Gasteiger partial charge in [-0.3, -0.25) is 0 Å². The van der Waals surface area contributed by atoms with E-state index in [2.05, 4.69) is 0 Å². The van der Waals surface area contributed by atoms with Crippen LogP contribution in [0.2, 0.25) is 0 Å². The molecule has 0 atom stereocenters. The predicted molar refractivity (Wildman–Crippen MR) is 54.7 cm³/mol. The van der Waals surface area contributed by atoms with Gasteiger partial charge in [0, 0.05) is 13.1 Å². The number of aryl methyl sites for hydroxylation is 1. The summed E-state index contributed by atoms with van der Waals surface area (Å²) in [6.45, 7) is 7.65. The van der Waals surface area contributed by atoms with Crippen molar-refractivity contribution >= 4 is 5.69 Å². The maximum atomic E-state index is 13.4. The minimum atomic E-state index is -0.122. The number of nitrogens with zero attached hydrogens (tertiary/aromatic N) is 1. The number of rotatable bonds is 3. The molecule has 0 aliphatic heterocycles. The Morgan fingerprint density at radius 2 is 1.85 bits per heavy atom. The van der Waals surface area contributed by atoms with E-state index in [1.165, 1.54) is 0 Å². The topological polar surface area (TPSA) is 3.24 Å². The van der Waals surface area contributed by atoms with Crippen molar-refractivity contribution in [1.82, 2.24) is 0 Å². The molecule has 0 fully saturated rings. The lowest BCUT2D eigenvalue weighted by molar-refractivity contribution is 0.619. The first kappa shape index (κ1) is 10.0. The number of hydrogen-bond acceptors (Lipinski definition) is 1. The van der Waals surface area contributed by atoms with Crippen LogP contribution in [0.1, 0.15) is 19.4 Å². The second kappa shape index (κ2) is 4.26. The Balaban J connectivity index is 2.99. The third-order valence-electron chi connectivity index (χ3n) is 2.21. The average Bonchev–Trinajstić information content (AvgIpc) is 2.10. The molecule has 0 unspecified atom stereocenters. The molecular formula is C11H16FN. The highest BCUT2D eigenvalue weighted by molar-refractivity contribution is 5.48. The standard InChI is InChI=1S/C11H16FN/c1-4-13(5-2)11-7-6-9(3)8-10(11)12/h6-8H,4-5H2,1-3H3. The molecule has 0 aliphatic rings. The molecule has 0 heterocycles. The second-order valence-electron chi connectivity index (χ2n) is 3.13. The molecular weight excluding hydrogens is 165 g/mol. The van der Waals surface area contributed by atoms with Crippen molar-refractivity contribution in [3.05, 3.63) is 29.6 Å². The first-order chi connectivity index (χ1) is 6.19. The van der Waals surface area contributed by atoms with Gasteiger partial charge in [-0.1, -0.05) is 6.07 Å². The minimum Gasteiger partial charge on any atom is -0.370 e. The molecule has 2 heteroatoms. The van der Waals surface area contributed by atoms with Gasteiger partial charge in [0.2, 0.25) is 0 Å². The number of anilines is 1. The molecule has 1 nitrogen and oxygen atoms in total. The summed E-state index contributed by atoms with van der Waals surface area (Å²) in [6, 6.07) is 5.36. The van der Waals surface area contributed by atoms with Gasteiger partial charge in [-0.05, 0) is 38.5 Å². The first-order valence-electron chi connectivity index (χ1n) is 4.70. The van der Waals surface area contributed by atoms with E-state index in [-0.39, 0.29) is 5.82 Å². The van der Waals surface area contributed by atoms with Gasteiger partial charge < -0.3 is 4.90 Å². The van der Waals surface area contributed by atoms with Crippen molar-refractivity contribution in [2.45, 2.75) is 20.8 Å². The smallest absolute Gasteiger partial charge is 0.146 e. The minimum absolute atomic E-state index is 0.122. The highest BCUT2D eigenvalue weighted by atomic mass is 19.1. The fourth-order valence-electron chi connectivity index (χ4n) is 1.43. The molecule has 0 spiro atoms. The van der Waals surface area contributed by atoms with Gasteiger partial charge in [-0.25, -0.2) is 4.39 Å². The normalized spacial score (nSPS) is 10.2. The van der Waals surface area contributed by atoms with Crippen LogP contribution in [0.15, 0.2) is 18.2 Å². The number of halogens is 1. The maximum Gasteiger partial charge on any atom is 0.146 e. The van der Waals surface area contributed by atoms with E-state index in [9.17, 15) is 4.39 Å². The largest absolute Gasteiger partial charge is 0.370 e. The lowest BCUT2D eigenvalue weighted by atomic mass is 10.2. The third kappa shape index (κ3) is 2.20. The van der Waals surface area contributed by atoms with Crippen molar-refractivity contribution < 1.29 is 4.39 Å². The Kier molecular flexibility index (Phi) is 3.29. The van der Waals surface area contributed by atoms with Gasteiger partial charge >= 0.3 is 0 Å². The lowest BCUT2D eigenvalue weighted by Crippen LogP contribution is -2.22. The van der Waals surface area contributed by atoms with Crippen molar-refractivity contribution in [3.8, 4) is 0 Å². The molecule has 0 amide bonds. The van der Waals surface area contributed by atoms with Crippen molar-refractivity contribution in [2.24, 2.45) is 0 Å². The highest BCUT2D eigenvalue weighted by Crippen LogP contribution is 2.19. The fraction of sp³-hybridized carbons (Fsp3) is 0.455. The highest BCUT2D eigenvalue weighted by Gasteiger charge is 2.07. The summed E-state index contributed by atoms with van der Waals surface area (Å²) in [7, 11) is 0. The van der Waals surface area contributed by atoms with Crippen LogP contribution in [0.4, 0.5) is 10.1 Å². The van der Waals surface area contributed by atoms with Crippen LogP contribution in [-0.2, 0) is 0 Å². The van der Waals surface area contributed by atoms with Crippen molar-refractivity contribution in [2.75, 3.05) is 18.0 Å². The van der Waals surface area contributed by atoms with Gasteiger partial charge in [0.05, 0.1) is 5.69 Å². The van der Waals surface area contributed by atoms with Gasteiger partial charge in [0.25, 0.3) is 0 Å². The molecule has 0 bridgehead atoms. The molecule has 0 radical (unpaired) electrons. The molecule has 13 heavy (non-hydrogen) atoms. The Morgan fingerprint density at radius 3 is 2.31 bits per heavy atom. The SMILES string of the molecule is CCN(CC)c1ccc(C)cc1F. The Labute approximate surface area is 79.2 Å². The molecule has 0 N–H and O–H groups in total. The molecule has 1 rings (SSSR count). The monoisotopic (exact) mass is 181 g/mol. The molecule has 0 saturated heterocycles. The van der Waals surface area contributed by atoms with E-state index >= 15 is 0 Å². The molecule has 1 aromatic carbocycles. The summed E-state index contributed by atoms with van der Waals surface area (Å²) in [5, 5.41) is 0. The van der Waals surface area contributed by atoms with Crippen LogP contribution in [-0.4, -0.2) is 13.1 Å². The van der Waals surface area contributed by atoms with Gasteiger partial charge in [-0.15, -0.1) is 0 Å². The summed E-state index contributed by atoms with van der Waals surface area (Å²) in [5.41, 5.74) is 1.67. The summed E-state index contributed by atoms with van der Waals surface area (Å²) in [5.74, 6) is -0.122. The Hall–Kier alpha value is -1.05. The predicted octanol–water partition coefficient (Wildman–Crippen LogP) is 2.98. The molecule has 0 aliphatic carbocycles. The van der Waals surface area contributed by atoms with Gasteiger partial charge in [0.15, 0.2) is 0 Å². The molecule has 0 saturated carbocycles.